The Bertz CT molecular complexity index is 712. The van der Waals surface area contributed by atoms with Gasteiger partial charge in [0.1, 0.15) is 5.78 Å². The summed E-state index contributed by atoms with van der Waals surface area (Å²) in [7, 11) is 0. The number of hydrogen-bond acceptors (Lipinski definition) is 3. The van der Waals surface area contributed by atoms with Gasteiger partial charge in [0.15, 0.2) is 5.78 Å². The standard InChI is InChI=1S/C17H18O2.C6H10O.C2H6/c1-13(19)15-8-10-17(11-9-15)16-6-4-14(5-7-16)3-2-12-18;1-4-5(2)6(3)7;1-2/h4-11,18H,2-3,12H2,1H3;4-5H,1H2,2-3H3;1-2H3. The minimum absolute atomic E-state index is 0.0278. The van der Waals surface area contributed by atoms with Gasteiger partial charge in [-0.15, -0.1) is 6.58 Å². The van der Waals surface area contributed by atoms with Crippen molar-refractivity contribution in [3.05, 3.63) is 72.3 Å². The Morgan fingerprint density at radius 2 is 1.43 bits per heavy atom. The Labute approximate surface area is 170 Å². The van der Waals surface area contributed by atoms with Crippen molar-refractivity contribution in [1.29, 1.82) is 0 Å². The van der Waals surface area contributed by atoms with Gasteiger partial charge in [0.05, 0.1) is 0 Å². The maximum absolute atomic E-state index is 11.2. The molecule has 2 aromatic rings. The van der Waals surface area contributed by atoms with Crippen molar-refractivity contribution in [3.8, 4) is 11.1 Å². The van der Waals surface area contributed by atoms with Crippen molar-refractivity contribution in [1.82, 2.24) is 0 Å². The molecule has 0 aliphatic carbocycles. The average Bonchev–Trinajstić information content (AvgIpc) is 2.74. The molecule has 0 aliphatic heterocycles. The monoisotopic (exact) mass is 382 g/mol. The summed E-state index contributed by atoms with van der Waals surface area (Å²) in [6.07, 6.45) is 3.34. The van der Waals surface area contributed by atoms with Crippen LogP contribution >= 0.6 is 0 Å². The van der Waals surface area contributed by atoms with Crippen molar-refractivity contribution >= 4 is 11.6 Å². The van der Waals surface area contributed by atoms with E-state index in [2.05, 4.69) is 30.8 Å². The highest BCUT2D eigenvalue weighted by atomic mass is 16.2. The third-order valence-corrected chi connectivity index (χ3v) is 4.20. The van der Waals surface area contributed by atoms with Crippen LogP contribution in [0, 0.1) is 5.92 Å². The number of aryl methyl sites for hydroxylation is 1. The Balaban J connectivity index is 0.000000688. The molecule has 0 spiro atoms. The normalized spacial score (nSPS) is 10.5. The van der Waals surface area contributed by atoms with E-state index in [1.54, 1.807) is 19.9 Å². The molecule has 152 valence electrons. The molecule has 0 fully saturated rings. The molecule has 0 amide bonds. The second kappa shape index (κ2) is 14.5. The minimum atomic E-state index is 0.0278. The van der Waals surface area contributed by atoms with E-state index in [4.69, 9.17) is 5.11 Å². The Morgan fingerprint density at radius 1 is 0.964 bits per heavy atom. The average molecular weight is 383 g/mol. The highest BCUT2D eigenvalue weighted by Crippen LogP contribution is 2.21. The summed E-state index contributed by atoms with van der Waals surface area (Å²) < 4.78 is 0. The predicted octanol–water partition coefficient (Wildman–Crippen LogP) is 5.90. The van der Waals surface area contributed by atoms with Gasteiger partial charge in [0, 0.05) is 18.1 Å². The largest absolute Gasteiger partial charge is 0.396 e. The van der Waals surface area contributed by atoms with Crippen LogP contribution in [0.1, 0.15) is 57.0 Å². The molecule has 28 heavy (non-hydrogen) atoms. The lowest BCUT2D eigenvalue weighted by Crippen LogP contribution is -2.00. The third-order valence-electron chi connectivity index (χ3n) is 4.20. The number of rotatable bonds is 7. The van der Waals surface area contributed by atoms with Crippen molar-refractivity contribution in [3.63, 3.8) is 0 Å². The molecule has 0 saturated heterocycles. The van der Waals surface area contributed by atoms with Gasteiger partial charge in [-0.2, -0.15) is 0 Å². The second-order valence-corrected chi connectivity index (χ2v) is 6.29. The fourth-order valence-corrected chi connectivity index (χ4v) is 2.21. The van der Waals surface area contributed by atoms with Gasteiger partial charge >= 0.3 is 0 Å². The zero-order valence-electron chi connectivity index (χ0n) is 17.9. The summed E-state index contributed by atoms with van der Waals surface area (Å²) in [5.41, 5.74) is 4.23. The molecule has 1 N–H and O–H groups in total. The summed E-state index contributed by atoms with van der Waals surface area (Å²) in [6, 6.07) is 16.0. The van der Waals surface area contributed by atoms with Gasteiger partial charge in [0.25, 0.3) is 0 Å². The number of benzene rings is 2. The fourth-order valence-electron chi connectivity index (χ4n) is 2.21. The predicted molar refractivity (Wildman–Crippen MR) is 119 cm³/mol. The van der Waals surface area contributed by atoms with Crippen LogP contribution in [0.3, 0.4) is 0 Å². The van der Waals surface area contributed by atoms with Crippen LogP contribution in [0.25, 0.3) is 11.1 Å². The van der Waals surface area contributed by atoms with Crippen molar-refractivity contribution < 1.29 is 14.7 Å². The molecule has 0 saturated carbocycles. The van der Waals surface area contributed by atoms with Crippen molar-refractivity contribution in [2.45, 2.75) is 47.5 Å². The Morgan fingerprint density at radius 3 is 1.75 bits per heavy atom. The number of carbonyl (C=O) groups is 2. The maximum atomic E-state index is 11.2. The molecule has 0 radical (unpaired) electrons. The van der Waals surface area contributed by atoms with Crippen LogP contribution < -0.4 is 0 Å². The number of aliphatic hydroxyl groups excluding tert-OH is 1. The van der Waals surface area contributed by atoms with E-state index >= 15 is 0 Å². The highest BCUT2D eigenvalue weighted by Gasteiger charge is 2.01. The number of Topliss-reactive ketones (excluding diaryl/α,β-unsaturated/α-hetero) is 2. The van der Waals surface area contributed by atoms with Crippen molar-refractivity contribution in [2.75, 3.05) is 6.61 Å². The topological polar surface area (TPSA) is 54.4 Å². The van der Waals surface area contributed by atoms with Crippen molar-refractivity contribution in [2.24, 2.45) is 5.92 Å². The summed E-state index contributed by atoms with van der Waals surface area (Å²) >= 11 is 0. The lowest BCUT2D eigenvalue weighted by Gasteiger charge is -2.05. The van der Waals surface area contributed by atoms with E-state index in [1.807, 2.05) is 45.0 Å². The molecule has 3 heteroatoms. The molecule has 1 atom stereocenters. The first-order valence-electron chi connectivity index (χ1n) is 9.83. The molecular formula is C25H34O3. The van der Waals surface area contributed by atoms with Gasteiger partial charge < -0.3 is 5.11 Å². The van der Waals surface area contributed by atoms with Gasteiger partial charge in [-0.25, -0.2) is 0 Å². The van der Waals surface area contributed by atoms with Crippen LogP contribution in [0.15, 0.2) is 61.2 Å². The molecule has 2 rings (SSSR count). The van der Waals surface area contributed by atoms with E-state index in [1.165, 1.54) is 5.56 Å². The fraction of sp³-hybridized carbons (Fsp3) is 0.360. The quantitative estimate of drug-likeness (QED) is 0.479. The smallest absolute Gasteiger partial charge is 0.159 e. The molecule has 1 unspecified atom stereocenters. The summed E-state index contributed by atoms with van der Waals surface area (Å²) in [5.74, 6) is 0.293. The second-order valence-electron chi connectivity index (χ2n) is 6.29. The van der Waals surface area contributed by atoms with E-state index in [-0.39, 0.29) is 24.1 Å². The Kier molecular flexibility index (Phi) is 13.2. The summed E-state index contributed by atoms with van der Waals surface area (Å²) in [6.45, 7) is 12.7. The van der Waals surface area contributed by atoms with Gasteiger partial charge in [-0.05, 0) is 43.4 Å². The van der Waals surface area contributed by atoms with Crippen LogP contribution in [-0.2, 0) is 11.2 Å². The number of aliphatic hydroxyl groups is 1. The van der Waals surface area contributed by atoms with E-state index in [9.17, 15) is 9.59 Å². The Hall–Kier alpha value is -2.52. The van der Waals surface area contributed by atoms with Gasteiger partial charge in [-0.1, -0.05) is 75.4 Å². The van der Waals surface area contributed by atoms with Crippen LogP contribution in [0.5, 0.6) is 0 Å². The first-order valence-corrected chi connectivity index (χ1v) is 9.83. The SMILES string of the molecule is C=CC(C)C(C)=O.CC.CC(=O)c1ccc(-c2ccc(CCCO)cc2)cc1. The van der Waals surface area contributed by atoms with E-state index in [0.717, 1.165) is 29.5 Å². The summed E-state index contributed by atoms with van der Waals surface area (Å²) in [4.78, 5) is 21.5. The number of allylic oxidation sites excluding steroid dienone is 1. The molecule has 0 bridgehead atoms. The van der Waals surface area contributed by atoms with Crippen LogP contribution in [0.2, 0.25) is 0 Å². The lowest BCUT2D eigenvalue weighted by atomic mass is 10.0. The molecule has 0 aliphatic rings. The minimum Gasteiger partial charge on any atom is -0.396 e. The molecule has 2 aromatic carbocycles. The third kappa shape index (κ3) is 9.43. The molecular weight excluding hydrogens is 348 g/mol. The molecule has 3 nitrogen and oxygen atoms in total. The van der Waals surface area contributed by atoms with Gasteiger partial charge in [0.2, 0.25) is 0 Å². The van der Waals surface area contributed by atoms with Crippen LogP contribution in [0.4, 0.5) is 0 Å². The van der Waals surface area contributed by atoms with Crippen LogP contribution in [-0.4, -0.2) is 23.3 Å². The molecule has 0 aromatic heterocycles. The first-order chi connectivity index (χ1) is 13.4. The number of hydrogen-bond donors (Lipinski definition) is 1. The number of ketones is 2. The zero-order valence-corrected chi connectivity index (χ0v) is 17.9. The van der Waals surface area contributed by atoms with E-state index in [0.29, 0.717) is 0 Å². The first kappa shape index (κ1) is 25.5. The van der Waals surface area contributed by atoms with Gasteiger partial charge in [-0.3, -0.25) is 9.59 Å². The zero-order chi connectivity index (χ0) is 21.5. The maximum Gasteiger partial charge on any atom is 0.159 e. The highest BCUT2D eigenvalue weighted by molar-refractivity contribution is 5.94. The summed E-state index contributed by atoms with van der Waals surface area (Å²) in [5, 5.41) is 8.80. The molecule has 0 heterocycles. The van der Waals surface area contributed by atoms with E-state index < -0.39 is 0 Å². The number of carbonyl (C=O) groups excluding carboxylic acids is 2. The lowest BCUT2D eigenvalue weighted by molar-refractivity contribution is -0.118.